The molecular weight excluding hydrogens is 246 g/mol. The molecule has 0 saturated heterocycles. The Balaban J connectivity index is 2.38. The first-order valence-electron chi connectivity index (χ1n) is 6.29. The SMILES string of the molecule is CC(c1ccc(Cl)cc1)N(C)CCCCC(=N)N. The lowest BCUT2D eigenvalue weighted by atomic mass is 10.1. The van der Waals surface area contributed by atoms with E-state index in [0.29, 0.717) is 12.5 Å². The summed E-state index contributed by atoms with van der Waals surface area (Å²) in [6.45, 7) is 3.20. The molecule has 100 valence electrons. The van der Waals surface area contributed by atoms with Gasteiger partial charge < -0.3 is 5.73 Å². The quantitative estimate of drug-likeness (QED) is 0.452. The second-order valence-corrected chi connectivity index (χ2v) is 5.13. The van der Waals surface area contributed by atoms with Crippen LogP contribution in [0.5, 0.6) is 0 Å². The van der Waals surface area contributed by atoms with Crippen LogP contribution in [0, 0.1) is 5.41 Å². The van der Waals surface area contributed by atoms with Gasteiger partial charge in [0.15, 0.2) is 0 Å². The predicted octanol–water partition coefficient (Wildman–Crippen LogP) is 3.44. The molecule has 0 heterocycles. The highest BCUT2D eigenvalue weighted by molar-refractivity contribution is 6.30. The second-order valence-electron chi connectivity index (χ2n) is 4.69. The van der Waals surface area contributed by atoms with Crippen LogP contribution in [0.25, 0.3) is 0 Å². The lowest BCUT2D eigenvalue weighted by Crippen LogP contribution is -2.23. The van der Waals surface area contributed by atoms with Gasteiger partial charge in [0, 0.05) is 17.5 Å². The van der Waals surface area contributed by atoms with E-state index in [2.05, 4.69) is 31.0 Å². The summed E-state index contributed by atoms with van der Waals surface area (Å²) >= 11 is 5.88. The van der Waals surface area contributed by atoms with E-state index < -0.39 is 0 Å². The van der Waals surface area contributed by atoms with Crippen molar-refractivity contribution in [2.24, 2.45) is 5.73 Å². The molecule has 0 bridgehead atoms. The molecular formula is C14H22ClN3. The summed E-state index contributed by atoms with van der Waals surface area (Å²) in [5, 5.41) is 7.94. The molecule has 0 aliphatic heterocycles. The Labute approximate surface area is 114 Å². The van der Waals surface area contributed by atoms with Gasteiger partial charge in [0.25, 0.3) is 0 Å². The minimum atomic E-state index is 0.281. The Hall–Kier alpha value is -1.06. The van der Waals surface area contributed by atoms with Crippen molar-refractivity contribution in [2.75, 3.05) is 13.6 Å². The zero-order chi connectivity index (χ0) is 13.5. The summed E-state index contributed by atoms with van der Waals surface area (Å²) in [5.41, 5.74) is 6.60. The number of benzene rings is 1. The standard InChI is InChI=1S/C14H22ClN3/c1-11(12-6-8-13(15)9-7-12)18(2)10-4-3-5-14(16)17/h6-9,11H,3-5,10H2,1-2H3,(H3,16,17). The van der Waals surface area contributed by atoms with Crippen molar-refractivity contribution in [1.29, 1.82) is 5.41 Å². The van der Waals surface area contributed by atoms with E-state index in [9.17, 15) is 0 Å². The molecule has 0 radical (unpaired) electrons. The first kappa shape index (κ1) is 15.0. The number of nitrogens with two attached hydrogens (primary N) is 1. The van der Waals surface area contributed by atoms with Gasteiger partial charge in [-0.25, -0.2) is 0 Å². The van der Waals surface area contributed by atoms with Gasteiger partial charge in [-0.15, -0.1) is 0 Å². The molecule has 0 saturated carbocycles. The van der Waals surface area contributed by atoms with Crippen LogP contribution in [0.3, 0.4) is 0 Å². The lowest BCUT2D eigenvalue weighted by Gasteiger charge is -2.25. The molecule has 1 aromatic carbocycles. The smallest absolute Gasteiger partial charge is 0.0905 e. The van der Waals surface area contributed by atoms with Gasteiger partial charge in [-0.3, -0.25) is 10.3 Å². The number of nitrogens with zero attached hydrogens (tertiary/aromatic N) is 1. The van der Waals surface area contributed by atoms with E-state index >= 15 is 0 Å². The number of hydrogen-bond acceptors (Lipinski definition) is 2. The van der Waals surface area contributed by atoms with Gasteiger partial charge in [0.05, 0.1) is 5.84 Å². The van der Waals surface area contributed by atoms with Crippen LogP contribution in [0.2, 0.25) is 5.02 Å². The van der Waals surface area contributed by atoms with E-state index in [0.717, 1.165) is 24.4 Å². The molecule has 0 spiro atoms. The van der Waals surface area contributed by atoms with Gasteiger partial charge in [-0.1, -0.05) is 23.7 Å². The summed E-state index contributed by atoms with van der Waals surface area (Å²) < 4.78 is 0. The van der Waals surface area contributed by atoms with Crippen LogP contribution >= 0.6 is 11.6 Å². The zero-order valence-corrected chi connectivity index (χ0v) is 11.9. The lowest BCUT2D eigenvalue weighted by molar-refractivity contribution is 0.257. The number of halogens is 1. The van der Waals surface area contributed by atoms with E-state index in [4.69, 9.17) is 22.7 Å². The maximum absolute atomic E-state index is 7.17. The summed E-state index contributed by atoms with van der Waals surface area (Å²) in [6, 6.07) is 8.37. The van der Waals surface area contributed by atoms with Crippen molar-refractivity contribution >= 4 is 17.4 Å². The topological polar surface area (TPSA) is 53.1 Å². The van der Waals surface area contributed by atoms with Crippen LogP contribution in [-0.4, -0.2) is 24.3 Å². The fourth-order valence-corrected chi connectivity index (χ4v) is 1.99. The molecule has 18 heavy (non-hydrogen) atoms. The number of hydrogen-bond donors (Lipinski definition) is 2. The molecule has 0 aromatic heterocycles. The third-order valence-corrected chi connectivity index (χ3v) is 3.47. The van der Waals surface area contributed by atoms with Gasteiger partial charge >= 0.3 is 0 Å². The van der Waals surface area contributed by atoms with Crippen molar-refractivity contribution < 1.29 is 0 Å². The summed E-state index contributed by atoms with van der Waals surface area (Å²) in [7, 11) is 2.12. The van der Waals surface area contributed by atoms with Crippen molar-refractivity contribution in [3.63, 3.8) is 0 Å². The van der Waals surface area contributed by atoms with E-state index in [-0.39, 0.29) is 5.84 Å². The van der Waals surface area contributed by atoms with Crippen LogP contribution in [0.4, 0.5) is 0 Å². The Kier molecular flexibility index (Phi) is 6.16. The average molecular weight is 268 g/mol. The monoisotopic (exact) mass is 267 g/mol. The van der Waals surface area contributed by atoms with Crippen LogP contribution in [0.15, 0.2) is 24.3 Å². The number of unbranched alkanes of at least 4 members (excludes halogenated alkanes) is 1. The molecule has 0 aliphatic rings. The van der Waals surface area contributed by atoms with E-state index in [1.54, 1.807) is 0 Å². The molecule has 1 unspecified atom stereocenters. The molecule has 1 aromatic rings. The van der Waals surface area contributed by atoms with Crippen molar-refractivity contribution in [2.45, 2.75) is 32.2 Å². The molecule has 3 nitrogen and oxygen atoms in total. The normalized spacial score (nSPS) is 12.7. The Morgan fingerprint density at radius 1 is 1.33 bits per heavy atom. The predicted molar refractivity (Wildman–Crippen MR) is 78.3 cm³/mol. The Bertz CT molecular complexity index is 375. The number of rotatable bonds is 7. The highest BCUT2D eigenvalue weighted by atomic mass is 35.5. The zero-order valence-electron chi connectivity index (χ0n) is 11.1. The van der Waals surface area contributed by atoms with Crippen LogP contribution in [0.1, 0.15) is 37.8 Å². The first-order chi connectivity index (χ1) is 8.50. The van der Waals surface area contributed by atoms with Gasteiger partial charge in [0.2, 0.25) is 0 Å². The summed E-state index contributed by atoms with van der Waals surface area (Å²) in [4.78, 5) is 2.31. The minimum Gasteiger partial charge on any atom is -0.388 e. The third-order valence-electron chi connectivity index (χ3n) is 3.22. The number of amidine groups is 1. The maximum Gasteiger partial charge on any atom is 0.0905 e. The number of nitrogens with one attached hydrogen (secondary N) is 1. The van der Waals surface area contributed by atoms with Gasteiger partial charge in [-0.05, 0) is 51.1 Å². The highest BCUT2D eigenvalue weighted by Crippen LogP contribution is 2.21. The van der Waals surface area contributed by atoms with Crippen molar-refractivity contribution in [1.82, 2.24) is 4.90 Å². The molecule has 0 aliphatic carbocycles. The largest absolute Gasteiger partial charge is 0.388 e. The van der Waals surface area contributed by atoms with Crippen LogP contribution < -0.4 is 5.73 Å². The first-order valence-corrected chi connectivity index (χ1v) is 6.67. The molecule has 3 N–H and O–H groups in total. The average Bonchev–Trinajstić information content (AvgIpc) is 2.34. The third kappa shape index (κ3) is 5.07. The Morgan fingerprint density at radius 3 is 2.50 bits per heavy atom. The maximum atomic E-state index is 7.17. The molecule has 4 heteroatoms. The highest BCUT2D eigenvalue weighted by Gasteiger charge is 2.10. The fraction of sp³-hybridized carbons (Fsp3) is 0.500. The van der Waals surface area contributed by atoms with Crippen molar-refractivity contribution in [3.8, 4) is 0 Å². The van der Waals surface area contributed by atoms with E-state index in [1.165, 1.54) is 5.56 Å². The molecule has 1 atom stereocenters. The minimum absolute atomic E-state index is 0.281. The van der Waals surface area contributed by atoms with E-state index in [1.807, 2.05) is 12.1 Å². The Morgan fingerprint density at radius 2 is 1.94 bits per heavy atom. The molecule has 0 amide bonds. The fourth-order valence-electron chi connectivity index (χ4n) is 1.87. The molecule has 1 rings (SSSR count). The molecule has 0 fully saturated rings. The van der Waals surface area contributed by atoms with Gasteiger partial charge in [0.1, 0.15) is 0 Å². The second kappa shape index (κ2) is 7.39. The van der Waals surface area contributed by atoms with Gasteiger partial charge in [-0.2, -0.15) is 0 Å². The summed E-state index contributed by atoms with van der Waals surface area (Å²) in [5.74, 6) is 0.281. The van der Waals surface area contributed by atoms with Crippen LogP contribution in [-0.2, 0) is 0 Å². The summed E-state index contributed by atoms with van der Waals surface area (Å²) in [6.07, 6.45) is 2.74. The van der Waals surface area contributed by atoms with Crippen molar-refractivity contribution in [3.05, 3.63) is 34.9 Å².